The van der Waals surface area contributed by atoms with Gasteiger partial charge in [-0.2, -0.15) is 0 Å². The second-order valence-electron chi connectivity index (χ2n) is 5.37. The highest BCUT2D eigenvalue weighted by molar-refractivity contribution is 5.43. The molecule has 2 fully saturated rings. The lowest BCUT2D eigenvalue weighted by molar-refractivity contribution is -0.185. The summed E-state index contributed by atoms with van der Waals surface area (Å²) in [4.78, 5) is 2.39. The highest BCUT2D eigenvalue weighted by Crippen LogP contribution is 2.31. The highest BCUT2D eigenvalue weighted by atomic mass is 16.7. The first-order valence-electron chi connectivity index (χ1n) is 7.24. The summed E-state index contributed by atoms with van der Waals surface area (Å²) < 4.78 is 17.2. The second kappa shape index (κ2) is 5.99. The van der Waals surface area contributed by atoms with Crippen LogP contribution >= 0.6 is 0 Å². The van der Waals surface area contributed by atoms with Crippen LogP contribution in [0.15, 0.2) is 24.3 Å². The number of piperidine rings is 1. The molecule has 2 aliphatic rings. The smallest absolute Gasteiger partial charge is 0.170 e. The normalized spacial score (nSPS) is 22.2. The minimum atomic E-state index is -0.286. The van der Waals surface area contributed by atoms with Crippen molar-refractivity contribution >= 4 is 5.69 Å². The second-order valence-corrected chi connectivity index (χ2v) is 5.37. The lowest BCUT2D eigenvalue weighted by Gasteiger charge is -2.37. The molecule has 0 radical (unpaired) electrons. The van der Waals surface area contributed by atoms with Crippen molar-refractivity contribution < 1.29 is 14.2 Å². The first-order valence-corrected chi connectivity index (χ1v) is 7.24. The fourth-order valence-electron chi connectivity index (χ4n) is 2.80. The Bertz CT molecular complexity index is 436. The molecule has 1 spiro atoms. The average molecular weight is 278 g/mol. The zero-order valence-electron chi connectivity index (χ0n) is 11.7. The largest absolute Gasteiger partial charge is 0.492 e. The third-order valence-corrected chi connectivity index (χ3v) is 3.97. The lowest BCUT2D eigenvalue weighted by atomic mass is 10.0. The van der Waals surface area contributed by atoms with Gasteiger partial charge in [0.2, 0.25) is 0 Å². The number of rotatable bonds is 4. The summed E-state index contributed by atoms with van der Waals surface area (Å²) in [6.45, 7) is 5.07. The number of ether oxygens (including phenoxy) is 3. The first-order chi connectivity index (χ1) is 9.76. The highest BCUT2D eigenvalue weighted by Gasteiger charge is 2.39. The number of hydrogen-bond donors (Lipinski definition) is 1. The first kappa shape index (κ1) is 13.7. The molecule has 0 atom stereocenters. The Morgan fingerprint density at radius 1 is 1.20 bits per heavy atom. The van der Waals surface area contributed by atoms with Crippen LogP contribution in [0.2, 0.25) is 0 Å². The Kier molecular flexibility index (Phi) is 4.10. The summed E-state index contributed by atoms with van der Waals surface area (Å²) in [7, 11) is 0. The predicted octanol–water partition coefficient (Wildman–Crippen LogP) is 1.49. The maximum atomic E-state index is 5.72. The SMILES string of the molecule is Nc1cccc(OCCN2CCC3(CC2)OCCO3)c1. The molecule has 2 saturated heterocycles. The van der Waals surface area contributed by atoms with Gasteiger partial charge >= 0.3 is 0 Å². The van der Waals surface area contributed by atoms with Crippen molar-refractivity contribution in [2.24, 2.45) is 0 Å². The maximum absolute atomic E-state index is 5.72. The summed E-state index contributed by atoms with van der Waals surface area (Å²) in [6.07, 6.45) is 1.90. The van der Waals surface area contributed by atoms with Crippen LogP contribution in [0.4, 0.5) is 5.69 Å². The fraction of sp³-hybridized carbons (Fsp3) is 0.600. The number of benzene rings is 1. The Labute approximate surface area is 119 Å². The van der Waals surface area contributed by atoms with Crippen LogP contribution in [0.25, 0.3) is 0 Å². The van der Waals surface area contributed by atoms with E-state index < -0.39 is 0 Å². The van der Waals surface area contributed by atoms with Gasteiger partial charge in [0.15, 0.2) is 5.79 Å². The molecule has 0 bridgehead atoms. The van der Waals surface area contributed by atoms with Crippen LogP contribution in [-0.4, -0.2) is 50.1 Å². The summed E-state index contributed by atoms with van der Waals surface area (Å²) >= 11 is 0. The van der Waals surface area contributed by atoms with Crippen molar-refractivity contribution in [1.82, 2.24) is 4.90 Å². The molecule has 5 heteroatoms. The van der Waals surface area contributed by atoms with Crippen molar-refractivity contribution in [2.45, 2.75) is 18.6 Å². The topological polar surface area (TPSA) is 57.0 Å². The van der Waals surface area contributed by atoms with Crippen LogP contribution in [0.5, 0.6) is 5.75 Å². The number of likely N-dealkylation sites (tertiary alicyclic amines) is 1. The van der Waals surface area contributed by atoms with Crippen LogP contribution in [0.1, 0.15) is 12.8 Å². The summed E-state index contributed by atoms with van der Waals surface area (Å²) in [6, 6.07) is 7.55. The monoisotopic (exact) mass is 278 g/mol. The van der Waals surface area contributed by atoms with Gasteiger partial charge in [0.25, 0.3) is 0 Å². The molecule has 0 aromatic heterocycles. The molecule has 0 aliphatic carbocycles. The van der Waals surface area contributed by atoms with Gasteiger partial charge in [-0.1, -0.05) is 6.07 Å². The van der Waals surface area contributed by atoms with E-state index in [0.717, 1.165) is 57.1 Å². The quantitative estimate of drug-likeness (QED) is 0.846. The van der Waals surface area contributed by atoms with E-state index in [9.17, 15) is 0 Å². The van der Waals surface area contributed by atoms with Gasteiger partial charge in [-0.05, 0) is 12.1 Å². The Hall–Kier alpha value is -1.30. The zero-order chi connectivity index (χ0) is 13.8. The molecule has 2 aliphatic heterocycles. The summed E-state index contributed by atoms with van der Waals surface area (Å²) in [5.74, 6) is 0.548. The molecule has 0 amide bonds. The van der Waals surface area contributed by atoms with E-state index in [2.05, 4.69) is 4.90 Å². The maximum Gasteiger partial charge on any atom is 0.170 e. The summed E-state index contributed by atoms with van der Waals surface area (Å²) in [5, 5.41) is 0. The molecule has 1 aromatic carbocycles. The van der Waals surface area contributed by atoms with E-state index in [-0.39, 0.29) is 5.79 Å². The third-order valence-electron chi connectivity index (χ3n) is 3.97. The van der Waals surface area contributed by atoms with Gasteiger partial charge in [-0.25, -0.2) is 0 Å². The van der Waals surface area contributed by atoms with Gasteiger partial charge < -0.3 is 19.9 Å². The Morgan fingerprint density at radius 2 is 1.95 bits per heavy atom. The van der Waals surface area contributed by atoms with Crippen molar-refractivity contribution in [3.63, 3.8) is 0 Å². The number of nitrogens with zero attached hydrogens (tertiary/aromatic N) is 1. The minimum Gasteiger partial charge on any atom is -0.492 e. The van der Waals surface area contributed by atoms with E-state index in [1.165, 1.54) is 0 Å². The van der Waals surface area contributed by atoms with Crippen molar-refractivity contribution in [3.8, 4) is 5.75 Å². The van der Waals surface area contributed by atoms with E-state index in [1.54, 1.807) is 0 Å². The van der Waals surface area contributed by atoms with E-state index in [4.69, 9.17) is 19.9 Å². The van der Waals surface area contributed by atoms with E-state index in [0.29, 0.717) is 6.61 Å². The molecule has 110 valence electrons. The number of anilines is 1. The molecule has 0 unspecified atom stereocenters. The number of nitrogen functional groups attached to an aromatic ring is 1. The number of hydrogen-bond acceptors (Lipinski definition) is 5. The van der Waals surface area contributed by atoms with Gasteiger partial charge in [0.1, 0.15) is 12.4 Å². The third kappa shape index (κ3) is 3.23. The van der Waals surface area contributed by atoms with Gasteiger partial charge in [0.05, 0.1) is 13.2 Å². The van der Waals surface area contributed by atoms with Crippen LogP contribution in [0.3, 0.4) is 0 Å². The minimum absolute atomic E-state index is 0.286. The Balaban J connectivity index is 1.39. The average Bonchev–Trinajstić information content (AvgIpc) is 2.90. The van der Waals surface area contributed by atoms with Gasteiger partial charge in [-0.3, -0.25) is 4.90 Å². The molecule has 5 nitrogen and oxygen atoms in total. The molecule has 0 saturated carbocycles. The van der Waals surface area contributed by atoms with Gasteiger partial charge in [-0.15, -0.1) is 0 Å². The standard InChI is InChI=1S/C15H22N2O3/c16-13-2-1-3-14(12-13)18-9-8-17-6-4-15(5-7-17)19-10-11-20-15/h1-3,12H,4-11,16H2. The molecule has 1 aromatic rings. The molecule has 2 N–H and O–H groups in total. The zero-order valence-corrected chi connectivity index (χ0v) is 11.7. The Morgan fingerprint density at radius 3 is 2.65 bits per heavy atom. The lowest BCUT2D eigenvalue weighted by Crippen LogP contribution is -2.46. The molecular weight excluding hydrogens is 256 g/mol. The van der Waals surface area contributed by atoms with Crippen molar-refractivity contribution in [3.05, 3.63) is 24.3 Å². The van der Waals surface area contributed by atoms with Gasteiger partial charge in [0, 0.05) is 44.2 Å². The van der Waals surface area contributed by atoms with Crippen LogP contribution < -0.4 is 10.5 Å². The van der Waals surface area contributed by atoms with Crippen LogP contribution in [-0.2, 0) is 9.47 Å². The van der Waals surface area contributed by atoms with E-state index in [1.807, 2.05) is 24.3 Å². The number of nitrogens with two attached hydrogens (primary N) is 1. The molecule has 2 heterocycles. The van der Waals surface area contributed by atoms with Crippen LogP contribution in [0, 0.1) is 0 Å². The van der Waals surface area contributed by atoms with Crippen molar-refractivity contribution in [2.75, 3.05) is 45.2 Å². The fourth-order valence-corrected chi connectivity index (χ4v) is 2.80. The predicted molar refractivity (Wildman–Crippen MR) is 76.7 cm³/mol. The molecular formula is C15H22N2O3. The molecule has 20 heavy (non-hydrogen) atoms. The van der Waals surface area contributed by atoms with E-state index >= 15 is 0 Å². The summed E-state index contributed by atoms with van der Waals surface area (Å²) in [5.41, 5.74) is 6.46. The van der Waals surface area contributed by atoms with Crippen molar-refractivity contribution in [1.29, 1.82) is 0 Å². The molecule has 3 rings (SSSR count).